The number of amides is 2. The van der Waals surface area contributed by atoms with Crippen LogP contribution in [0.1, 0.15) is 15.9 Å². The van der Waals surface area contributed by atoms with Gasteiger partial charge in [-0.1, -0.05) is 6.07 Å². The van der Waals surface area contributed by atoms with Crippen LogP contribution in [0.25, 0.3) is 0 Å². The normalized spacial score (nSPS) is 10.0. The Morgan fingerprint density at radius 1 is 1.21 bits per heavy atom. The van der Waals surface area contributed by atoms with Crippen molar-refractivity contribution in [3.63, 3.8) is 0 Å². The standard InChI is InChI=1S/C16H15N3O5/c1-10-13(3-2-4-14(10)19(22)23)18-15(20)9-24-12-7-5-11(6-8-12)16(17)21/h2-8H,9H2,1H3,(H2,17,21)(H,18,20). The van der Waals surface area contributed by atoms with Gasteiger partial charge in [-0.25, -0.2) is 0 Å². The molecule has 0 fully saturated rings. The Labute approximate surface area is 137 Å². The van der Waals surface area contributed by atoms with Crippen LogP contribution in [0.5, 0.6) is 5.75 Å². The first-order valence-corrected chi connectivity index (χ1v) is 6.95. The molecule has 2 aromatic rings. The molecule has 0 saturated carbocycles. The number of nitro benzene ring substituents is 1. The Kier molecular flexibility index (Phi) is 5.10. The number of rotatable bonds is 6. The number of primary amides is 1. The molecule has 0 aliphatic rings. The second-order valence-corrected chi connectivity index (χ2v) is 4.93. The summed E-state index contributed by atoms with van der Waals surface area (Å²) in [5.74, 6) is -0.621. The Hall–Kier alpha value is -3.42. The van der Waals surface area contributed by atoms with E-state index in [0.717, 1.165) is 0 Å². The number of benzene rings is 2. The molecule has 0 atom stereocenters. The van der Waals surface area contributed by atoms with Gasteiger partial charge in [0.1, 0.15) is 5.75 Å². The molecule has 2 amide bonds. The fraction of sp³-hybridized carbons (Fsp3) is 0.125. The van der Waals surface area contributed by atoms with Gasteiger partial charge in [0, 0.05) is 11.6 Å². The third-order valence-electron chi connectivity index (χ3n) is 3.28. The maximum atomic E-state index is 11.9. The fourth-order valence-corrected chi connectivity index (χ4v) is 2.01. The summed E-state index contributed by atoms with van der Waals surface area (Å²) < 4.78 is 5.29. The molecule has 0 aliphatic heterocycles. The van der Waals surface area contributed by atoms with Gasteiger partial charge in [0.15, 0.2) is 6.61 Å². The number of anilines is 1. The van der Waals surface area contributed by atoms with Crippen molar-refractivity contribution in [1.29, 1.82) is 0 Å². The van der Waals surface area contributed by atoms with E-state index in [1.807, 2.05) is 0 Å². The van der Waals surface area contributed by atoms with Gasteiger partial charge in [-0.15, -0.1) is 0 Å². The van der Waals surface area contributed by atoms with Crippen LogP contribution in [0.15, 0.2) is 42.5 Å². The molecular weight excluding hydrogens is 314 g/mol. The first kappa shape index (κ1) is 16.9. The number of carbonyl (C=O) groups excluding carboxylic acids is 2. The summed E-state index contributed by atoms with van der Waals surface area (Å²) in [6.07, 6.45) is 0. The third-order valence-corrected chi connectivity index (χ3v) is 3.28. The molecule has 0 heterocycles. The number of nitrogens with one attached hydrogen (secondary N) is 1. The van der Waals surface area contributed by atoms with E-state index in [1.54, 1.807) is 13.0 Å². The first-order valence-electron chi connectivity index (χ1n) is 6.95. The lowest BCUT2D eigenvalue weighted by molar-refractivity contribution is -0.385. The van der Waals surface area contributed by atoms with E-state index < -0.39 is 16.7 Å². The van der Waals surface area contributed by atoms with Gasteiger partial charge < -0.3 is 15.8 Å². The molecule has 2 aromatic carbocycles. The highest BCUT2D eigenvalue weighted by molar-refractivity contribution is 5.93. The molecule has 0 aliphatic carbocycles. The fourth-order valence-electron chi connectivity index (χ4n) is 2.01. The third kappa shape index (κ3) is 4.07. The van der Waals surface area contributed by atoms with E-state index in [2.05, 4.69) is 5.32 Å². The maximum absolute atomic E-state index is 11.9. The molecule has 0 bridgehead atoms. The van der Waals surface area contributed by atoms with Crippen LogP contribution in [-0.2, 0) is 4.79 Å². The minimum Gasteiger partial charge on any atom is -0.484 e. The number of hydrogen-bond acceptors (Lipinski definition) is 5. The summed E-state index contributed by atoms with van der Waals surface area (Å²) in [4.78, 5) is 33.2. The topological polar surface area (TPSA) is 125 Å². The quantitative estimate of drug-likeness (QED) is 0.619. The van der Waals surface area contributed by atoms with Crippen molar-refractivity contribution in [2.75, 3.05) is 11.9 Å². The van der Waals surface area contributed by atoms with Gasteiger partial charge in [0.2, 0.25) is 5.91 Å². The van der Waals surface area contributed by atoms with E-state index in [9.17, 15) is 19.7 Å². The highest BCUT2D eigenvalue weighted by Gasteiger charge is 2.15. The van der Waals surface area contributed by atoms with Crippen molar-refractivity contribution in [1.82, 2.24) is 0 Å². The van der Waals surface area contributed by atoms with E-state index >= 15 is 0 Å². The zero-order chi connectivity index (χ0) is 17.7. The van der Waals surface area contributed by atoms with E-state index in [1.165, 1.54) is 36.4 Å². The molecule has 8 heteroatoms. The number of nitrogens with two attached hydrogens (primary N) is 1. The molecular formula is C16H15N3O5. The highest BCUT2D eigenvalue weighted by Crippen LogP contribution is 2.25. The van der Waals surface area contributed by atoms with Crippen LogP contribution in [0, 0.1) is 17.0 Å². The first-order chi connectivity index (χ1) is 11.4. The zero-order valence-electron chi connectivity index (χ0n) is 12.8. The minimum atomic E-state index is -0.555. The number of hydrogen-bond donors (Lipinski definition) is 2. The van der Waals surface area contributed by atoms with E-state index in [0.29, 0.717) is 22.6 Å². The van der Waals surface area contributed by atoms with Gasteiger partial charge in [-0.3, -0.25) is 19.7 Å². The second-order valence-electron chi connectivity index (χ2n) is 4.93. The average molecular weight is 329 g/mol. The highest BCUT2D eigenvalue weighted by atomic mass is 16.6. The number of nitrogens with zero attached hydrogens (tertiary/aromatic N) is 1. The average Bonchev–Trinajstić information content (AvgIpc) is 2.55. The molecule has 0 unspecified atom stereocenters. The van der Waals surface area contributed by atoms with Crippen LogP contribution >= 0.6 is 0 Å². The molecule has 8 nitrogen and oxygen atoms in total. The van der Waals surface area contributed by atoms with Crippen molar-refractivity contribution < 1.29 is 19.2 Å². The zero-order valence-corrected chi connectivity index (χ0v) is 12.8. The monoisotopic (exact) mass is 329 g/mol. The summed E-state index contributed by atoms with van der Waals surface area (Å²) in [6.45, 7) is 1.27. The van der Waals surface area contributed by atoms with Gasteiger partial charge in [0.05, 0.1) is 16.2 Å². The lowest BCUT2D eigenvalue weighted by Crippen LogP contribution is -2.21. The molecule has 124 valence electrons. The summed E-state index contributed by atoms with van der Waals surface area (Å²) in [5, 5.41) is 13.4. The number of carbonyl (C=O) groups is 2. The van der Waals surface area contributed by atoms with Gasteiger partial charge in [-0.2, -0.15) is 0 Å². The minimum absolute atomic E-state index is 0.0734. The summed E-state index contributed by atoms with van der Waals surface area (Å²) >= 11 is 0. The van der Waals surface area contributed by atoms with Crippen molar-refractivity contribution in [3.05, 3.63) is 63.7 Å². The molecule has 0 aromatic heterocycles. The predicted octanol–water partition coefficient (Wildman–Crippen LogP) is 2.02. The molecule has 0 saturated heterocycles. The van der Waals surface area contributed by atoms with Crippen LogP contribution in [-0.4, -0.2) is 23.3 Å². The number of ether oxygens (including phenoxy) is 1. The summed E-state index contributed by atoms with van der Waals surface area (Å²) in [6, 6.07) is 10.4. The van der Waals surface area contributed by atoms with Crippen LogP contribution in [0.2, 0.25) is 0 Å². The van der Waals surface area contributed by atoms with Gasteiger partial charge in [0.25, 0.3) is 11.6 Å². The second kappa shape index (κ2) is 7.23. The Morgan fingerprint density at radius 2 is 1.88 bits per heavy atom. The van der Waals surface area contributed by atoms with Crippen molar-refractivity contribution >= 4 is 23.2 Å². The molecule has 3 N–H and O–H groups in total. The maximum Gasteiger partial charge on any atom is 0.274 e. The predicted molar refractivity (Wildman–Crippen MR) is 86.9 cm³/mol. The van der Waals surface area contributed by atoms with Crippen molar-refractivity contribution in [2.24, 2.45) is 5.73 Å². The Morgan fingerprint density at radius 3 is 2.46 bits per heavy atom. The van der Waals surface area contributed by atoms with Crippen molar-refractivity contribution in [3.8, 4) is 5.75 Å². The molecule has 0 spiro atoms. The van der Waals surface area contributed by atoms with Crippen LogP contribution in [0.4, 0.5) is 11.4 Å². The van der Waals surface area contributed by atoms with Crippen LogP contribution < -0.4 is 15.8 Å². The van der Waals surface area contributed by atoms with Gasteiger partial charge in [-0.05, 0) is 37.3 Å². The smallest absolute Gasteiger partial charge is 0.274 e. The van der Waals surface area contributed by atoms with Crippen LogP contribution in [0.3, 0.4) is 0 Å². The van der Waals surface area contributed by atoms with Crippen molar-refractivity contribution in [2.45, 2.75) is 6.92 Å². The largest absolute Gasteiger partial charge is 0.484 e. The lowest BCUT2D eigenvalue weighted by Gasteiger charge is -2.10. The SMILES string of the molecule is Cc1c(NC(=O)COc2ccc(C(N)=O)cc2)cccc1[N+](=O)[O-]. The molecule has 2 rings (SSSR count). The Bertz CT molecular complexity index is 787. The summed E-state index contributed by atoms with van der Waals surface area (Å²) in [7, 11) is 0. The van der Waals surface area contributed by atoms with E-state index in [4.69, 9.17) is 10.5 Å². The molecule has 24 heavy (non-hydrogen) atoms. The van der Waals surface area contributed by atoms with E-state index in [-0.39, 0.29) is 12.3 Å². The lowest BCUT2D eigenvalue weighted by atomic mass is 10.1. The Balaban J connectivity index is 1.98. The van der Waals surface area contributed by atoms with Gasteiger partial charge >= 0.3 is 0 Å². The molecule has 0 radical (unpaired) electrons. The summed E-state index contributed by atoms with van der Waals surface area (Å²) in [5.41, 5.74) is 6.10. The number of nitro groups is 1.